The average molecular weight is 1030 g/mol. The van der Waals surface area contributed by atoms with Gasteiger partial charge in [0.25, 0.3) is 0 Å². The lowest BCUT2D eigenvalue weighted by molar-refractivity contribution is -0.167. The van der Waals surface area contributed by atoms with Crippen LogP contribution in [0.1, 0.15) is 297 Å². The zero-order valence-electron chi connectivity index (χ0n) is 48.6. The predicted octanol–water partition coefficient (Wildman–Crippen LogP) is 21.3. The molecule has 0 aromatic carbocycles. The van der Waals surface area contributed by atoms with Gasteiger partial charge in [-0.1, -0.05) is 259 Å². The summed E-state index contributed by atoms with van der Waals surface area (Å²) in [5.74, 6) is -0.907. The average Bonchev–Trinajstić information content (AvgIpc) is 3.40. The molecule has 0 aliphatic rings. The van der Waals surface area contributed by atoms with Crippen molar-refractivity contribution in [1.29, 1.82) is 0 Å². The smallest absolute Gasteiger partial charge is 0.306 e. The first-order chi connectivity index (χ1) is 36.5. The first-order valence-electron chi connectivity index (χ1n) is 31.2. The van der Waals surface area contributed by atoms with Gasteiger partial charge in [0.15, 0.2) is 6.10 Å². The summed E-state index contributed by atoms with van der Waals surface area (Å²) in [5, 5.41) is 0. The number of unbranched alkanes of at least 4 members (excludes halogenated alkanes) is 29. The van der Waals surface area contributed by atoms with E-state index in [4.69, 9.17) is 14.2 Å². The van der Waals surface area contributed by atoms with Crippen LogP contribution >= 0.6 is 0 Å². The van der Waals surface area contributed by atoms with Gasteiger partial charge in [0.2, 0.25) is 0 Å². The third kappa shape index (κ3) is 59.2. The van der Waals surface area contributed by atoms with Gasteiger partial charge in [-0.2, -0.15) is 0 Å². The van der Waals surface area contributed by atoms with Gasteiger partial charge in [0.05, 0.1) is 0 Å². The highest BCUT2D eigenvalue weighted by Gasteiger charge is 2.19. The molecule has 0 aromatic rings. The van der Waals surface area contributed by atoms with Crippen LogP contribution in [0.25, 0.3) is 0 Å². The molecule has 0 bridgehead atoms. The fourth-order valence-corrected chi connectivity index (χ4v) is 8.68. The van der Waals surface area contributed by atoms with E-state index in [1.165, 1.54) is 135 Å². The fraction of sp³-hybridized carbons (Fsp3) is 0.721. The maximum atomic E-state index is 12.9. The number of hydrogen-bond acceptors (Lipinski definition) is 6. The highest BCUT2D eigenvalue weighted by molar-refractivity contribution is 5.71. The lowest BCUT2D eigenvalue weighted by Crippen LogP contribution is -2.30. The molecule has 0 saturated carbocycles. The lowest BCUT2D eigenvalue weighted by Gasteiger charge is -2.18. The van der Waals surface area contributed by atoms with Crippen LogP contribution in [0.5, 0.6) is 0 Å². The van der Waals surface area contributed by atoms with Gasteiger partial charge in [-0.05, 0) is 116 Å². The molecule has 74 heavy (non-hydrogen) atoms. The maximum Gasteiger partial charge on any atom is 0.306 e. The quantitative estimate of drug-likeness (QED) is 0.0261. The van der Waals surface area contributed by atoms with Crippen LogP contribution in [0.4, 0.5) is 0 Å². The van der Waals surface area contributed by atoms with E-state index in [0.29, 0.717) is 19.3 Å². The Labute approximate surface area is 457 Å². The standard InChI is InChI=1S/C68H116O6/c1-4-7-10-13-16-19-22-25-28-31-34-37-40-43-46-49-52-55-58-61-67(70)73-64-65(63-72-66(69)60-57-54-51-48-45-42-39-36-33-30-27-24-21-18-15-12-9-6-3)74-68(71)62-59-56-53-50-47-44-41-38-35-32-29-26-23-20-17-14-11-8-5-2/h7-8,10-11,16-17,19-20,25-26,28-29,34,36-37,39,65H,4-6,9,12-15,18,21-24,27,30-33,35,38,40-64H2,1-3H3/b10-7-,11-8-,19-16-,20-17-,28-25-,29-26-,37-34-,39-36-. The van der Waals surface area contributed by atoms with Crippen molar-refractivity contribution < 1.29 is 28.6 Å². The molecule has 0 N–H and O–H groups in total. The van der Waals surface area contributed by atoms with Gasteiger partial charge >= 0.3 is 17.9 Å². The Kier molecular flexibility index (Phi) is 58.8. The molecule has 0 amide bonds. The molecular weight excluding hydrogens is 913 g/mol. The highest BCUT2D eigenvalue weighted by Crippen LogP contribution is 2.16. The van der Waals surface area contributed by atoms with E-state index in [2.05, 4.69) is 118 Å². The van der Waals surface area contributed by atoms with Crippen molar-refractivity contribution >= 4 is 17.9 Å². The summed E-state index contributed by atoms with van der Waals surface area (Å²) >= 11 is 0. The zero-order chi connectivity index (χ0) is 53.6. The van der Waals surface area contributed by atoms with Crippen LogP contribution in [0, 0.1) is 0 Å². The molecule has 1 unspecified atom stereocenters. The van der Waals surface area contributed by atoms with Crippen molar-refractivity contribution in [1.82, 2.24) is 0 Å². The number of allylic oxidation sites excluding steroid dienone is 16. The minimum absolute atomic E-state index is 0.0883. The molecule has 0 saturated heterocycles. The second-order valence-corrected chi connectivity index (χ2v) is 20.5. The molecule has 0 rings (SSSR count). The van der Waals surface area contributed by atoms with E-state index < -0.39 is 6.10 Å². The van der Waals surface area contributed by atoms with Crippen LogP contribution in [0.2, 0.25) is 0 Å². The van der Waals surface area contributed by atoms with E-state index in [9.17, 15) is 14.4 Å². The minimum Gasteiger partial charge on any atom is -0.462 e. The summed E-state index contributed by atoms with van der Waals surface area (Å²) in [6.45, 7) is 6.42. The largest absolute Gasteiger partial charge is 0.462 e. The Balaban J connectivity index is 4.43. The molecule has 0 aliphatic carbocycles. The molecule has 0 fully saturated rings. The summed E-state index contributed by atoms with van der Waals surface area (Å²) in [7, 11) is 0. The van der Waals surface area contributed by atoms with Crippen molar-refractivity contribution in [2.24, 2.45) is 0 Å². The van der Waals surface area contributed by atoms with Crippen LogP contribution in [-0.4, -0.2) is 37.2 Å². The van der Waals surface area contributed by atoms with E-state index in [0.717, 1.165) is 122 Å². The minimum atomic E-state index is -0.792. The summed E-state index contributed by atoms with van der Waals surface area (Å²) in [6.07, 6.45) is 82.6. The Morgan fingerprint density at radius 3 is 0.838 bits per heavy atom. The SMILES string of the molecule is CC/C=C\C/C=C\C/C=C\C/C=C\CCCCCCCCC(=O)OCC(COC(=O)CCCCCCC/C=C\CCCCCCCCCCC)OC(=O)CCCCCCCCCCC/C=C\C/C=C\C/C=C\CC. The van der Waals surface area contributed by atoms with E-state index in [1.54, 1.807) is 0 Å². The fourth-order valence-electron chi connectivity index (χ4n) is 8.68. The van der Waals surface area contributed by atoms with Crippen molar-refractivity contribution in [3.8, 4) is 0 Å². The number of hydrogen-bond donors (Lipinski definition) is 0. The van der Waals surface area contributed by atoms with E-state index in [-0.39, 0.29) is 31.1 Å². The van der Waals surface area contributed by atoms with Crippen LogP contribution in [0.3, 0.4) is 0 Å². The molecule has 6 nitrogen and oxygen atoms in total. The second kappa shape index (κ2) is 61.9. The molecule has 0 radical (unpaired) electrons. The van der Waals surface area contributed by atoms with Crippen molar-refractivity contribution in [2.45, 2.75) is 303 Å². The van der Waals surface area contributed by atoms with Crippen molar-refractivity contribution in [3.05, 3.63) is 97.2 Å². The van der Waals surface area contributed by atoms with E-state index >= 15 is 0 Å². The topological polar surface area (TPSA) is 78.9 Å². The van der Waals surface area contributed by atoms with Crippen LogP contribution < -0.4 is 0 Å². The number of rotatable bonds is 56. The summed E-state index contributed by atoms with van der Waals surface area (Å²) < 4.78 is 16.9. The molecule has 424 valence electrons. The highest BCUT2D eigenvalue weighted by atomic mass is 16.6. The van der Waals surface area contributed by atoms with Gasteiger partial charge in [-0.25, -0.2) is 0 Å². The Hall–Kier alpha value is -3.67. The van der Waals surface area contributed by atoms with Crippen LogP contribution in [0.15, 0.2) is 97.2 Å². The van der Waals surface area contributed by atoms with Gasteiger partial charge in [0.1, 0.15) is 13.2 Å². The molecule has 6 heteroatoms. The van der Waals surface area contributed by atoms with Gasteiger partial charge < -0.3 is 14.2 Å². The third-order valence-corrected chi connectivity index (χ3v) is 13.3. The Morgan fingerprint density at radius 1 is 0.284 bits per heavy atom. The third-order valence-electron chi connectivity index (χ3n) is 13.3. The van der Waals surface area contributed by atoms with Gasteiger partial charge in [0, 0.05) is 19.3 Å². The number of esters is 3. The maximum absolute atomic E-state index is 12.9. The first kappa shape index (κ1) is 70.3. The predicted molar refractivity (Wildman–Crippen MR) is 320 cm³/mol. The Morgan fingerprint density at radius 2 is 0.527 bits per heavy atom. The number of ether oxygens (including phenoxy) is 3. The normalized spacial score (nSPS) is 12.7. The first-order valence-corrected chi connectivity index (χ1v) is 31.2. The molecule has 0 aliphatic heterocycles. The number of carbonyl (C=O) groups is 3. The van der Waals surface area contributed by atoms with Crippen LogP contribution in [-0.2, 0) is 28.6 Å². The monoisotopic (exact) mass is 1030 g/mol. The molecule has 1 atom stereocenters. The number of carbonyl (C=O) groups excluding carboxylic acids is 3. The van der Waals surface area contributed by atoms with E-state index in [1.807, 2.05) is 0 Å². The second-order valence-electron chi connectivity index (χ2n) is 20.5. The summed E-state index contributed by atoms with van der Waals surface area (Å²) in [4.78, 5) is 38.3. The summed E-state index contributed by atoms with van der Waals surface area (Å²) in [5.41, 5.74) is 0. The Bertz CT molecular complexity index is 1460. The zero-order valence-corrected chi connectivity index (χ0v) is 48.6. The van der Waals surface area contributed by atoms with Gasteiger partial charge in [-0.15, -0.1) is 0 Å². The van der Waals surface area contributed by atoms with Gasteiger partial charge in [-0.3, -0.25) is 14.4 Å². The molecule has 0 spiro atoms. The molecule has 0 aromatic heterocycles. The summed E-state index contributed by atoms with van der Waals surface area (Å²) in [6, 6.07) is 0. The van der Waals surface area contributed by atoms with Crippen molar-refractivity contribution in [2.75, 3.05) is 13.2 Å². The van der Waals surface area contributed by atoms with Crippen molar-refractivity contribution in [3.63, 3.8) is 0 Å². The molecular formula is C68H116O6. The lowest BCUT2D eigenvalue weighted by atomic mass is 10.1. The molecule has 0 heterocycles.